The topological polar surface area (TPSA) is 110 Å². The number of carbonyl (C=O) groups is 1. The average Bonchev–Trinajstić information content (AvgIpc) is 2.88. The monoisotopic (exact) mass is 373 g/mol. The highest BCUT2D eigenvalue weighted by Gasteiger charge is 2.19. The standard InChI is InChI=1S/C17H15N3O5S/c1-20-14-9-12(5-6-15(14)25-17(20)22)26(23,24)19-11-4-2-10-3-7-16(21)18-13(10)8-11/h2,4-6,8-9,19H,3,7H2,1H3,(H,18,21). The molecule has 2 N–H and O–H groups in total. The number of amides is 1. The maximum Gasteiger partial charge on any atom is 0.419 e. The van der Waals surface area contributed by atoms with Gasteiger partial charge in [0, 0.05) is 19.2 Å². The number of sulfonamides is 1. The van der Waals surface area contributed by atoms with Gasteiger partial charge >= 0.3 is 5.76 Å². The number of anilines is 2. The summed E-state index contributed by atoms with van der Waals surface area (Å²) in [5.41, 5.74) is 2.60. The highest BCUT2D eigenvalue weighted by molar-refractivity contribution is 7.92. The highest BCUT2D eigenvalue weighted by atomic mass is 32.2. The molecule has 1 aliphatic heterocycles. The van der Waals surface area contributed by atoms with Gasteiger partial charge in [-0.2, -0.15) is 0 Å². The molecular formula is C17H15N3O5S. The van der Waals surface area contributed by atoms with Crippen LogP contribution in [0.4, 0.5) is 11.4 Å². The number of oxazole rings is 1. The Morgan fingerprint density at radius 2 is 1.92 bits per heavy atom. The number of fused-ring (bicyclic) bond motifs is 2. The first-order chi connectivity index (χ1) is 12.3. The van der Waals surface area contributed by atoms with Crippen LogP contribution in [0.25, 0.3) is 11.1 Å². The summed E-state index contributed by atoms with van der Waals surface area (Å²) in [6.45, 7) is 0. The summed E-state index contributed by atoms with van der Waals surface area (Å²) < 4.78 is 34.1. The van der Waals surface area contributed by atoms with E-state index in [1.807, 2.05) is 0 Å². The van der Waals surface area contributed by atoms with Crippen molar-refractivity contribution in [1.29, 1.82) is 0 Å². The molecule has 0 atom stereocenters. The molecule has 4 rings (SSSR count). The Bertz CT molecular complexity index is 1210. The molecule has 0 saturated heterocycles. The molecule has 8 nitrogen and oxygen atoms in total. The number of hydrogen-bond donors (Lipinski definition) is 2. The van der Waals surface area contributed by atoms with Gasteiger partial charge in [-0.25, -0.2) is 13.2 Å². The number of benzene rings is 2. The van der Waals surface area contributed by atoms with Crippen molar-refractivity contribution in [2.45, 2.75) is 17.7 Å². The maximum atomic E-state index is 12.7. The molecule has 0 bridgehead atoms. The second kappa shape index (κ2) is 5.73. The van der Waals surface area contributed by atoms with Gasteiger partial charge in [0.1, 0.15) is 0 Å². The van der Waals surface area contributed by atoms with Gasteiger partial charge in [0.25, 0.3) is 10.0 Å². The molecule has 0 fully saturated rings. The maximum absolute atomic E-state index is 12.7. The predicted molar refractivity (Wildman–Crippen MR) is 95.7 cm³/mol. The fraction of sp³-hybridized carbons (Fsp3) is 0.176. The van der Waals surface area contributed by atoms with Crippen LogP contribution in [0.15, 0.2) is 50.5 Å². The first-order valence-corrected chi connectivity index (χ1v) is 9.37. The van der Waals surface area contributed by atoms with Crippen molar-refractivity contribution in [3.63, 3.8) is 0 Å². The molecule has 0 radical (unpaired) electrons. The van der Waals surface area contributed by atoms with Gasteiger partial charge in [-0.15, -0.1) is 0 Å². The summed E-state index contributed by atoms with van der Waals surface area (Å²) in [6.07, 6.45) is 1.04. The fourth-order valence-electron chi connectivity index (χ4n) is 2.92. The van der Waals surface area contributed by atoms with Crippen LogP contribution < -0.4 is 15.8 Å². The molecule has 9 heteroatoms. The van der Waals surface area contributed by atoms with Gasteiger partial charge in [-0.1, -0.05) is 6.07 Å². The van der Waals surface area contributed by atoms with E-state index < -0.39 is 15.8 Å². The van der Waals surface area contributed by atoms with Crippen LogP contribution in [0.1, 0.15) is 12.0 Å². The molecule has 1 amide bonds. The normalized spacial score (nSPS) is 14.1. The lowest BCUT2D eigenvalue weighted by molar-refractivity contribution is -0.116. The number of rotatable bonds is 3. The van der Waals surface area contributed by atoms with E-state index in [1.54, 1.807) is 18.2 Å². The van der Waals surface area contributed by atoms with Crippen LogP contribution in [0, 0.1) is 0 Å². The van der Waals surface area contributed by atoms with Crippen LogP contribution in [-0.2, 0) is 28.3 Å². The largest absolute Gasteiger partial charge is 0.419 e. The van der Waals surface area contributed by atoms with Crippen molar-refractivity contribution in [2.24, 2.45) is 7.05 Å². The van der Waals surface area contributed by atoms with Crippen molar-refractivity contribution in [1.82, 2.24) is 4.57 Å². The van der Waals surface area contributed by atoms with Gasteiger partial charge in [-0.3, -0.25) is 14.1 Å². The average molecular weight is 373 g/mol. The molecule has 0 unspecified atom stereocenters. The first-order valence-electron chi connectivity index (χ1n) is 7.89. The van der Waals surface area contributed by atoms with Gasteiger partial charge in [0.05, 0.1) is 16.1 Å². The molecule has 0 saturated carbocycles. The molecule has 0 aliphatic carbocycles. The van der Waals surface area contributed by atoms with E-state index >= 15 is 0 Å². The van der Waals surface area contributed by atoms with Crippen LogP contribution in [-0.4, -0.2) is 18.9 Å². The SMILES string of the molecule is Cn1c(=O)oc2ccc(S(=O)(=O)Nc3ccc4c(c3)NC(=O)CC4)cc21. The fourth-order valence-corrected chi connectivity index (χ4v) is 3.99. The Kier molecular flexibility index (Phi) is 3.62. The molecule has 3 aromatic rings. The minimum Gasteiger partial charge on any atom is -0.408 e. The van der Waals surface area contributed by atoms with Crippen molar-refractivity contribution < 1.29 is 17.6 Å². The Morgan fingerprint density at radius 1 is 1.12 bits per heavy atom. The Hall–Kier alpha value is -3.07. The molecule has 134 valence electrons. The zero-order valence-electron chi connectivity index (χ0n) is 13.8. The number of aryl methyl sites for hydroxylation is 2. The molecular weight excluding hydrogens is 358 g/mol. The number of nitrogens with one attached hydrogen (secondary N) is 2. The minimum absolute atomic E-state index is 0.00292. The van der Waals surface area contributed by atoms with Crippen molar-refractivity contribution >= 4 is 38.4 Å². The van der Waals surface area contributed by atoms with Crippen LogP contribution in [0.3, 0.4) is 0 Å². The smallest absolute Gasteiger partial charge is 0.408 e. The third-order valence-corrected chi connectivity index (χ3v) is 5.71. The van der Waals surface area contributed by atoms with Gasteiger partial charge in [0.2, 0.25) is 5.91 Å². The van der Waals surface area contributed by atoms with E-state index in [4.69, 9.17) is 4.42 Å². The van der Waals surface area contributed by atoms with Crippen LogP contribution >= 0.6 is 0 Å². The molecule has 1 aromatic heterocycles. The molecule has 26 heavy (non-hydrogen) atoms. The van der Waals surface area contributed by atoms with E-state index in [0.717, 1.165) is 5.56 Å². The summed E-state index contributed by atoms with van der Waals surface area (Å²) in [5, 5.41) is 2.74. The molecule has 0 spiro atoms. The van der Waals surface area contributed by atoms with Crippen LogP contribution in [0.5, 0.6) is 0 Å². The van der Waals surface area contributed by atoms with E-state index in [9.17, 15) is 18.0 Å². The van der Waals surface area contributed by atoms with Gasteiger partial charge in [-0.05, 0) is 42.3 Å². The number of carbonyl (C=O) groups excluding carboxylic acids is 1. The van der Waals surface area contributed by atoms with Crippen molar-refractivity contribution in [3.05, 3.63) is 52.5 Å². The van der Waals surface area contributed by atoms with Crippen molar-refractivity contribution in [3.8, 4) is 0 Å². The summed E-state index contributed by atoms with van der Waals surface area (Å²) in [5.74, 6) is -0.656. The Labute approximate surface area is 148 Å². The first kappa shape index (κ1) is 16.4. The second-order valence-electron chi connectivity index (χ2n) is 6.08. The van der Waals surface area contributed by atoms with Gasteiger partial charge in [0.15, 0.2) is 5.58 Å². The zero-order valence-corrected chi connectivity index (χ0v) is 14.6. The molecule has 2 heterocycles. The van der Waals surface area contributed by atoms with E-state index in [1.165, 1.54) is 29.8 Å². The number of aromatic nitrogens is 1. The van der Waals surface area contributed by atoms with Gasteiger partial charge < -0.3 is 9.73 Å². The summed E-state index contributed by atoms with van der Waals surface area (Å²) in [7, 11) is -2.37. The Balaban J connectivity index is 1.69. The van der Waals surface area contributed by atoms with Crippen molar-refractivity contribution in [2.75, 3.05) is 10.0 Å². The van der Waals surface area contributed by atoms with E-state index in [0.29, 0.717) is 35.3 Å². The summed E-state index contributed by atoms with van der Waals surface area (Å²) >= 11 is 0. The summed E-state index contributed by atoms with van der Waals surface area (Å²) in [6, 6.07) is 9.22. The lowest BCUT2D eigenvalue weighted by Crippen LogP contribution is -2.19. The molecule has 2 aromatic carbocycles. The number of hydrogen-bond acceptors (Lipinski definition) is 5. The lowest BCUT2D eigenvalue weighted by atomic mass is 10.0. The minimum atomic E-state index is -3.87. The third kappa shape index (κ3) is 2.76. The third-order valence-electron chi connectivity index (χ3n) is 4.33. The number of nitrogens with zero attached hydrogens (tertiary/aromatic N) is 1. The van der Waals surface area contributed by atoms with E-state index in [-0.39, 0.29) is 10.8 Å². The Morgan fingerprint density at radius 3 is 2.73 bits per heavy atom. The highest BCUT2D eigenvalue weighted by Crippen LogP contribution is 2.27. The molecule has 1 aliphatic rings. The van der Waals surface area contributed by atoms with Crippen LogP contribution in [0.2, 0.25) is 0 Å². The van der Waals surface area contributed by atoms with E-state index in [2.05, 4.69) is 10.0 Å². The lowest BCUT2D eigenvalue weighted by Gasteiger charge is -2.18. The predicted octanol–water partition coefficient (Wildman–Crippen LogP) is 1.82. The summed E-state index contributed by atoms with van der Waals surface area (Å²) in [4.78, 5) is 23.1. The quantitative estimate of drug-likeness (QED) is 0.728. The second-order valence-corrected chi connectivity index (χ2v) is 7.76. The zero-order chi connectivity index (χ0) is 18.5.